The molecule has 1 N–H and O–H groups in total. The monoisotopic (exact) mass is 344 g/mol. The molecule has 0 aliphatic carbocycles. The van der Waals surface area contributed by atoms with Crippen molar-refractivity contribution in [1.82, 2.24) is 19.5 Å². The molecule has 1 atom stereocenters. The third kappa shape index (κ3) is 3.32. The van der Waals surface area contributed by atoms with Crippen LogP contribution in [0, 0.1) is 13.8 Å². The number of para-hydroxylation sites is 1. The van der Waals surface area contributed by atoms with E-state index in [9.17, 15) is 8.42 Å². The Labute approximate surface area is 141 Å². The van der Waals surface area contributed by atoms with E-state index in [2.05, 4.69) is 14.8 Å². The summed E-state index contributed by atoms with van der Waals surface area (Å²) in [5, 5.41) is 5.17. The Bertz CT molecular complexity index is 974. The van der Waals surface area contributed by atoms with Crippen LogP contribution in [-0.4, -0.2) is 29.2 Å². The highest BCUT2D eigenvalue weighted by Gasteiger charge is 2.21. The van der Waals surface area contributed by atoms with E-state index in [1.807, 2.05) is 43.7 Å². The van der Waals surface area contributed by atoms with Crippen LogP contribution in [0.4, 0.5) is 0 Å². The summed E-state index contributed by atoms with van der Waals surface area (Å²) >= 11 is 0. The minimum atomic E-state index is -3.67. The van der Waals surface area contributed by atoms with E-state index in [4.69, 9.17) is 0 Å². The highest BCUT2D eigenvalue weighted by molar-refractivity contribution is 7.89. The molecule has 2 heterocycles. The summed E-state index contributed by atoms with van der Waals surface area (Å²) in [7, 11) is -3.67. The fourth-order valence-corrected chi connectivity index (χ4v) is 4.19. The lowest BCUT2D eigenvalue weighted by atomic mass is 10.2. The van der Waals surface area contributed by atoms with Gasteiger partial charge >= 0.3 is 0 Å². The van der Waals surface area contributed by atoms with Crippen LogP contribution in [0.5, 0.6) is 0 Å². The van der Waals surface area contributed by atoms with Gasteiger partial charge in [0.15, 0.2) is 0 Å². The highest BCUT2D eigenvalue weighted by Crippen LogP contribution is 2.20. The maximum atomic E-state index is 12.8. The number of benzene rings is 1. The van der Waals surface area contributed by atoms with E-state index in [-0.39, 0.29) is 10.9 Å². The third-order valence-corrected chi connectivity index (χ3v) is 5.41. The first kappa shape index (κ1) is 16.6. The first-order valence-electron chi connectivity index (χ1n) is 7.74. The standard InChI is InChI=1S/C17H20N4O2S/c1-12-10-14(3)21(19-12)11-13(2)20-24(22,23)16-8-4-6-15-7-5-9-18-17(15)16/h4-10,13,20H,11H2,1-3H3. The summed E-state index contributed by atoms with van der Waals surface area (Å²) in [5.74, 6) is 0. The van der Waals surface area contributed by atoms with Gasteiger partial charge < -0.3 is 0 Å². The first-order chi connectivity index (χ1) is 11.4. The van der Waals surface area contributed by atoms with E-state index in [1.54, 1.807) is 24.4 Å². The molecule has 3 aromatic rings. The molecule has 0 aliphatic rings. The van der Waals surface area contributed by atoms with Gasteiger partial charge in [0.05, 0.1) is 17.8 Å². The fourth-order valence-electron chi connectivity index (χ4n) is 2.78. The van der Waals surface area contributed by atoms with Crippen molar-refractivity contribution < 1.29 is 8.42 Å². The van der Waals surface area contributed by atoms with Gasteiger partial charge in [-0.3, -0.25) is 9.67 Å². The molecule has 0 radical (unpaired) electrons. The Kier molecular flexibility index (Phi) is 4.38. The average molecular weight is 344 g/mol. The topological polar surface area (TPSA) is 76.9 Å². The molecule has 3 rings (SSSR count). The molecule has 126 valence electrons. The normalized spacial score (nSPS) is 13.3. The van der Waals surface area contributed by atoms with Crippen molar-refractivity contribution in [3.05, 3.63) is 54.0 Å². The molecule has 0 saturated heterocycles. The van der Waals surface area contributed by atoms with Crippen LogP contribution in [0.1, 0.15) is 18.3 Å². The summed E-state index contributed by atoms with van der Waals surface area (Å²) in [6.07, 6.45) is 1.60. The summed E-state index contributed by atoms with van der Waals surface area (Å²) < 4.78 is 30.0. The number of hydrogen-bond acceptors (Lipinski definition) is 4. The van der Waals surface area contributed by atoms with Gasteiger partial charge in [0.1, 0.15) is 4.90 Å². The number of aromatic nitrogens is 3. The molecule has 0 amide bonds. The number of sulfonamides is 1. The van der Waals surface area contributed by atoms with Crippen molar-refractivity contribution in [3.8, 4) is 0 Å². The van der Waals surface area contributed by atoms with Gasteiger partial charge in [0.2, 0.25) is 10.0 Å². The van der Waals surface area contributed by atoms with E-state index in [0.29, 0.717) is 12.1 Å². The predicted molar refractivity (Wildman–Crippen MR) is 93.2 cm³/mol. The molecule has 1 unspecified atom stereocenters. The van der Waals surface area contributed by atoms with Crippen LogP contribution in [0.15, 0.2) is 47.5 Å². The van der Waals surface area contributed by atoms with Crippen molar-refractivity contribution >= 4 is 20.9 Å². The lowest BCUT2D eigenvalue weighted by Gasteiger charge is -2.16. The Morgan fingerprint density at radius 2 is 1.96 bits per heavy atom. The maximum Gasteiger partial charge on any atom is 0.243 e. The smallest absolute Gasteiger partial charge is 0.243 e. The van der Waals surface area contributed by atoms with Crippen molar-refractivity contribution in [2.75, 3.05) is 0 Å². The first-order valence-corrected chi connectivity index (χ1v) is 9.22. The van der Waals surface area contributed by atoms with E-state index in [1.165, 1.54) is 0 Å². The van der Waals surface area contributed by atoms with Crippen molar-refractivity contribution in [2.24, 2.45) is 0 Å². The highest BCUT2D eigenvalue weighted by atomic mass is 32.2. The van der Waals surface area contributed by atoms with Crippen LogP contribution >= 0.6 is 0 Å². The third-order valence-electron chi connectivity index (χ3n) is 3.79. The number of nitrogens with one attached hydrogen (secondary N) is 1. The fraction of sp³-hybridized carbons (Fsp3) is 0.294. The maximum absolute atomic E-state index is 12.8. The molecular formula is C17H20N4O2S. The van der Waals surface area contributed by atoms with Gasteiger partial charge in [0.25, 0.3) is 0 Å². The van der Waals surface area contributed by atoms with Crippen molar-refractivity contribution in [2.45, 2.75) is 38.3 Å². The minimum Gasteiger partial charge on any atom is -0.268 e. The minimum absolute atomic E-state index is 0.195. The molecule has 0 spiro atoms. The number of fused-ring (bicyclic) bond motifs is 1. The molecule has 2 aromatic heterocycles. The van der Waals surface area contributed by atoms with E-state index >= 15 is 0 Å². The molecule has 7 heteroatoms. The summed E-state index contributed by atoms with van der Waals surface area (Å²) in [4.78, 5) is 4.41. The molecule has 24 heavy (non-hydrogen) atoms. The molecule has 0 fully saturated rings. The van der Waals surface area contributed by atoms with Crippen LogP contribution in [0.2, 0.25) is 0 Å². The predicted octanol–water partition coefficient (Wildman–Crippen LogP) is 2.42. The Hall–Kier alpha value is -2.25. The number of hydrogen-bond donors (Lipinski definition) is 1. The molecule has 0 saturated carbocycles. The Morgan fingerprint density at radius 3 is 2.67 bits per heavy atom. The van der Waals surface area contributed by atoms with E-state index in [0.717, 1.165) is 16.8 Å². The SMILES string of the molecule is Cc1cc(C)n(CC(C)NS(=O)(=O)c2cccc3cccnc23)n1. The molecular weight excluding hydrogens is 324 g/mol. The number of nitrogens with zero attached hydrogens (tertiary/aromatic N) is 3. The van der Waals surface area contributed by atoms with Gasteiger partial charge in [-0.2, -0.15) is 5.10 Å². The summed E-state index contributed by atoms with van der Waals surface area (Å²) in [6, 6.07) is 10.5. The zero-order valence-electron chi connectivity index (χ0n) is 13.9. The Morgan fingerprint density at radius 1 is 1.21 bits per heavy atom. The van der Waals surface area contributed by atoms with Crippen LogP contribution in [0.25, 0.3) is 10.9 Å². The zero-order valence-corrected chi connectivity index (χ0v) is 14.7. The summed E-state index contributed by atoms with van der Waals surface area (Å²) in [5.41, 5.74) is 2.40. The van der Waals surface area contributed by atoms with Crippen molar-refractivity contribution in [1.29, 1.82) is 0 Å². The number of aryl methyl sites for hydroxylation is 2. The van der Waals surface area contributed by atoms with Gasteiger partial charge in [0, 0.05) is 23.3 Å². The van der Waals surface area contributed by atoms with Crippen LogP contribution < -0.4 is 4.72 Å². The second-order valence-electron chi connectivity index (χ2n) is 5.96. The van der Waals surface area contributed by atoms with Gasteiger partial charge in [-0.15, -0.1) is 0 Å². The van der Waals surface area contributed by atoms with Gasteiger partial charge in [-0.05, 0) is 39.0 Å². The molecule has 0 aliphatic heterocycles. The van der Waals surface area contributed by atoms with Crippen molar-refractivity contribution in [3.63, 3.8) is 0 Å². The molecule has 1 aromatic carbocycles. The second-order valence-corrected chi connectivity index (χ2v) is 7.65. The quantitative estimate of drug-likeness (QED) is 0.771. The van der Waals surface area contributed by atoms with Crippen LogP contribution in [-0.2, 0) is 16.6 Å². The molecule has 6 nitrogen and oxygen atoms in total. The van der Waals surface area contributed by atoms with Gasteiger partial charge in [-0.25, -0.2) is 13.1 Å². The molecule has 0 bridgehead atoms. The average Bonchev–Trinajstić information content (AvgIpc) is 2.83. The van der Waals surface area contributed by atoms with E-state index < -0.39 is 10.0 Å². The lowest BCUT2D eigenvalue weighted by molar-refractivity contribution is 0.486. The largest absolute Gasteiger partial charge is 0.268 e. The zero-order chi connectivity index (χ0) is 17.3. The van der Waals surface area contributed by atoms with Crippen LogP contribution in [0.3, 0.4) is 0 Å². The summed E-state index contributed by atoms with van der Waals surface area (Å²) in [6.45, 7) is 6.17. The number of pyridine rings is 1. The lowest BCUT2D eigenvalue weighted by Crippen LogP contribution is -2.36. The van der Waals surface area contributed by atoms with Gasteiger partial charge in [-0.1, -0.05) is 18.2 Å². The number of rotatable bonds is 5. The Balaban J connectivity index is 1.86. The second kappa shape index (κ2) is 6.33.